The van der Waals surface area contributed by atoms with Gasteiger partial charge in [-0.05, 0) is 54.6 Å². The third-order valence-electron chi connectivity index (χ3n) is 5.03. The molecule has 0 aliphatic carbocycles. The van der Waals surface area contributed by atoms with Gasteiger partial charge in [0, 0.05) is 5.92 Å². The number of ether oxygens (including phenoxy) is 3. The minimum absolute atomic E-state index is 0.0423. The molecule has 0 spiro atoms. The predicted octanol–water partition coefficient (Wildman–Crippen LogP) is 6.13. The number of fused-ring (bicyclic) bond motifs is 1. The Bertz CT molecular complexity index is 1290. The number of hydrazone groups is 1. The van der Waals surface area contributed by atoms with Crippen LogP contribution in [0.4, 0.5) is 0 Å². The van der Waals surface area contributed by atoms with Crippen molar-refractivity contribution in [3.63, 3.8) is 0 Å². The third kappa shape index (κ3) is 5.69. The number of rotatable bonds is 9. The molecule has 188 valence electrons. The van der Waals surface area contributed by atoms with Crippen LogP contribution in [0.25, 0.3) is 6.08 Å². The maximum atomic E-state index is 12.7. The molecule has 0 aromatic heterocycles. The summed E-state index contributed by atoms with van der Waals surface area (Å²) < 4.78 is 17.3. The number of para-hydroxylation sites is 1. The van der Waals surface area contributed by atoms with Gasteiger partial charge in [-0.1, -0.05) is 49.2 Å². The van der Waals surface area contributed by atoms with Crippen molar-refractivity contribution in [3.05, 3.63) is 57.6 Å². The number of nitrogens with one attached hydrogen (secondary N) is 1. The first kappa shape index (κ1) is 26.1. The number of nitrogens with zero attached hydrogens (tertiary/aromatic N) is 3. The second-order valence-electron chi connectivity index (χ2n) is 8.00. The molecule has 2 aromatic rings. The van der Waals surface area contributed by atoms with Crippen molar-refractivity contribution in [2.75, 3.05) is 19.8 Å². The average Bonchev–Trinajstić information content (AvgIpc) is 3.26. The zero-order chi connectivity index (χ0) is 25.8. The van der Waals surface area contributed by atoms with Crippen LogP contribution in [0.15, 0.2) is 52.1 Å². The van der Waals surface area contributed by atoms with Crippen LogP contribution in [0.1, 0.15) is 26.3 Å². The van der Waals surface area contributed by atoms with E-state index >= 15 is 0 Å². The summed E-state index contributed by atoms with van der Waals surface area (Å²) in [6.07, 6.45) is 1.55. The van der Waals surface area contributed by atoms with E-state index in [9.17, 15) is 4.79 Å². The molecule has 2 heterocycles. The molecule has 4 rings (SSSR count). The third-order valence-corrected chi connectivity index (χ3v) is 6.83. The van der Waals surface area contributed by atoms with E-state index in [2.05, 4.69) is 10.1 Å². The first-order valence-electron chi connectivity index (χ1n) is 11.2. The number of thioether (sulfide) groups is 1. The molecule has 0 unspecified atom stereocenters. The van der Waals surface area contributed by atoms with E-state index in [1.165, 1.54) is 16.8 Å². The second-order valence-corrected chi connectivity index (χ2v) is 9.81. The van der Waals surface area contributed by atoms with Gasteiger partial charge >= 0.3 is 0 Å². The Hall–Kier alpha value is -3.01. The number of amidine groups is 2. The lowest BCUT2D eigenvalue weighted by molar-refractivity contribution is -0.114. The van der Waals surface area contributed by atoms with Gasteiger partial charge in [0.25, 0.3) is 5.91 Å². The topological polar surface area (TPSA) is 96.6 Å². The van der Waals surface area contributed by atoms with Crippen LogP contribution in [0.3, 0.4) is 0 Å². The van der Waals surface area contributed by atoms with Crippen molar-refractivity contribution in [2.45, 2.75) is 20.8 Å². The quantitative estimate of drug-likeness (QED) is 0.300. The van der Waals surface area contributed by atoms with E-state index in [1.54, 1.807) is 30.3 Å². The van der Waals surface area contributed by atoms with Crippen molar-refractivity contribution in [2.24, 2.45) is 16.0 Å². The first-order valence-corrected chi connectivity index (χ1v) is 12.8. The zero-order valence-corrected chi connectivity index (χ0v) is 22.2. The summed E-state index contributed by atoms with van der Waals surface area (Å²) in [6, 6.07) is 10.5. The first-order chi connectivity index (χ1) is 17.3. The van der Waals surface area contributed by atoms with Gasteiger partial charge in [0.2, 0.25) is 5.17 Å². The summed E-state index contributed by atoms with van der Waals surface area (Å²) in [6.45, 7) is 6.66. The smallest absolute Gasteiger partial charge is 0.283 e. The lowest BCUT2D eigenvalue weighted by Crippen LogP contribution is -2.35. The Morgan fingerprint density at radius 1 is 1.08 bits per heavy atom. The summed E-state index contributed by atoms with van der Waals surface area (Å²) in [5, 5.41) is 16.4. The summed E-state index contributed by atoms with van der Waals surface area (Å²) in [5.41, 5.74) is 0.670. The van der Waals surface area contributed by atoms with E-state index in [0.717, 1.165) is 5.04 Å². The van der Waals surface area contributed by atoms with Gasteiger partial charge in [0.15, 0.2) is 17.3 Å². The predicted molar refractivity (Wildman–Crippen MR) is 145 cm³/mol. The molecule has 0 saturated carbocycles. The monoisotopic (exact) mass is 546 g/mol. The number of hydrogen-bond acceptors (Lipinski definition) is 7. The molecule has 0 saturated heterocycles. The summed E-state index contributed by atoms with van der Waals surface area (Å²) in [5.74, 6) is 0.937. The number of benzene rings is 2. The highest BCUT2D eigenvalue weighted by atomic mass is 35.5. The van der Waals surface area contributed by atoms with Crippen LogP contribution in [0, 0.1) is 11.3 Å². The molecule has 0 atom stereocenters. The van der Waals surface area contributed by atoms with Gasteiger partial charge in [-0.2, -0.15) is 15.1 Å². The fraction of sp³-hybridized carbons (Fsp3) is 0.280. The van der Waals surface area contributed by atoms with E-state index in [1.807, 2.05) is 32.9 Å². The molecule has 0 radical (unpaired) electrons. The lowest BCUT2D eigenvalue weighted by atomic mass is 10.1. The van der Waals surface area contributed by atoms with Gasteiger partial charge in [0.05, 0.1) is 22.2 Å². The van der Waals surface area contributed by atoms with Crippen LogP contribution in [-0.2, 0) is 4.79 Å². The van der Waals surface area contributed by atoms with Gasteiger partial charge in [0.1, 0.15) is 24.0 Å². The highest BCUT2D eigenvalue weighted by molar-refractivity contribution is 8.27. The van der Waals surface area contributed by atoms with Crippen LogP contribution in [0.2, 0.25) is 10.0 Å². The molecule has 0 fully saturated rings. The fourth-order valence-electron chi connectivity index (χ4n) is 3.34. The SMILES string of the molecule is CCOc1cc(/C=C2/C(=N)N3N=C(C(C)C)SC3=NC2=O)cc(Cl)c1OCCOc1ccccc1Cl. The van der Waals surface area contributed by atoms with Crippen LogP contribution in [-0.4, -0.2) is 46.8 Å². The molecular formula is C25H24Cl2N4O4S. The molecule has 2 aliphatic rings. The van der Waals surface area contributed by atoms with Crippen molar-refractivity contribution >= 4 is 63.0 Å². The van der Waals surface area contributed by atoms with E-state index in [0.29, 0.717) is 44.6 Å². The van der Waals surface area contributed by atoms with Gasteiger partial charge in [-0.15, -0.1) is 0 Å². The molecule has 11 heteroatoms. The molecule has 1 amide bonds. The van der Waals surface area contributed by atoms with Crippen LogP contribution in [0.5, 0.6) is 17.2 Å². The molecule has 2 aromatic carbocycles. The van der Waals surface area contributed by atoms with Crippen LogP contribution >= 0.6 is 35.0 Å². The highest BCUT2D eigenvalue weighted by Crippen LogP contribution is 2.38. The largest absolute Gasteiger partial charge is 0.490 e. The summed E-state index contributed by atoms with van der Waals surface area (Å²) >= 11 is 13.9. The standard InChI is InChI=1S/C25H24Cl2N4O4S/c1-4-33-20-13-15(11-16-22(28)31-25(29-23(16)32)36-24(30-31)14(2)3)12-18(27)21(20)35-10-9-34-19-8-6-5-7-17(19)26/h5-8,11-14,28H,4,9-10H2,1-3H3/b16-11-,28-22?. The summed E-state index contributed by atoms with van der Waals surface area (Å²) in [7, 11) is 0. The number of carbonyl (C=O) groups excluding carboxylic acids is 1. The Morgan fingerprint density at radius 2 is 1.83 bits per heavy atom. The van der Waals surface area contributed by atoms with E-state index in [4.69, 9.17) is 42.8 Å². The van der Waals surface area contributed by atoms with Gasteiger partial charge < -0.3 is 14.2 Å². The van der Waals surface area contributed by atoms with Crippen molar-refractivity contribution in [1.29, 1.82) is 5.41 Å². The Morgan fingerprint density at radius 3 is 2.56 bits per heavy atom. The van der Waals surface area contributed by atoms with E-state index < -0.39 is 5.91 Å². The Labute approximate surface area is 223 Å². The highest BCUT2D eigenvalue weighted by Gasteiger charge is 2.36. The molecule has 2 aliphatic heterocycles. The number of carbonyl (C=O) groups is 1. The van der Waals surface area contributed by atoms with Crippen molar-refractivity contribution in [3.8, 4) is 17.2 Å². The normalized spacial score (nSPS) is 16.3. The number of amides is 1. The minimum atomic E-state index is -0.509. The minimum Gasteiger partial charge on any atom is -0.490 e. The molecular weight excluding hydrogens is 523 g/mol. The maximum Gasteiger partial charge on any atom is 0.283 e. The van der Waals surface area contributed by atoms with E-state index in [-0.39, 0.29) is 30.5 Å². The Balaban J connectivity index is 1.53. The number of halogens is 2. The van der Waals surface area contributed by atoms with Crippen molar-refractivity contribution in [1.82, 2.24) is 5.01 Å². The van der Waals surface area contributed by atoms with Crippen molar-refractivity contribution < 1.29 is 19.0 Å². The molecule has 36 heavy (non-hydrogen) atoms. The van der Waals surface area contributed by atoms with Gasteiger partial charge in [-0.3, -0.25) is 10.2 Å². The summed E-state index contributed by atoms with van der Waals surface area (Å²) in [4.78, 5) is 16.8. The number of hydrogen-bond donors (Lipinski definition) is 1. The van der Waals surface area contributed by atoms with Gasteiger partial charge in [-0.25, -0.2) is 0 Å². The Kier molecular flexibility index (Phi) is 8.23. The lowest BCUT2D eigenvalue weighted by Gasteiger charge is -2.20. The zero-order valence-electron chi connectivity index (χ0n) is 19.9. The fourth-order valence-corrected chi connectivity index (χ4v) is 4.69. The second kappa shape index (κ2) is 11.4. The molecule has 1 N–H and O–H groups in total. The molecule has 0 bridgehead atoms. The number of aliphatic imine (C=N–C) groups is 1. The maximum absolute atomic E-state index is 12.7. The van der Waals surface area contributed by atoms with Crippen LogP contribution < -0.4 is 14.2 Å². The average molecular weight is 547 g/mol. The molecule has 8 nitrogen and oxygen atoms in total.